The summed E-state index contributed by atoms with van der Waals surface area (Å²) in [4.78, 5) is 14.9. The molecule has 1 amide bonds. The van der Waals surface area contributed by atoms with Crippen LogP contribution >= 0.6 is 0 Å². The van der Waals surface area contributed by atoms with E-state index < -0.39 is 0 Å². The number of aryl methyl sites for hydroxylation is 2. The normalized spacial score (nSPS) is 19.1. The van der Waals surface area contributed by atoms with Crippen LogP contribution in [0, 0.1) is 13.8 Å². The molecule has 0 unspecified atom stereocenters. The van der Waals surface area contributed by atoms with E-state index in [2.05, 4.69) is 17.1 Å². The quantitative estimate of drug-likeness (QED) is 0.813. The Balaban J connectivity index is 1.76. The summed E-state index contributed by atoms with van der Waals surface area (Å²) < 4.78 is 0. The highest BCUT2D eigenvalue weighted by molar-refractivity contribution is 5.95. The molecule has 0 spiro atoms. The largest absolute Gasteiger partial charge is 0.352 e. The molecule has 0 aromatic heterocycles. The molecule has 22 heavy (non-hydrogen) atoms. The molecule has 0 aliphatic carbocycles. The number of carbonyl (C=O) groups excluding carboxylic acids is 1. The fourth-order valence-corrected chi connectivity index (χ4v) is 3.38. The molecule has 1 aromatic rings. The molecule has 0 radical (unpaired) electrons. The molecule has 1 fully saturated rings. The van der Waals surface area contributed by atoms with Crippen molar-refractivity contribution in [2.75, 3.05) is 19.6 Å². The first-order chi connectivity index (χ1) is 10.6. The Morgan fingerprint density at radius 2 is 2.14 bits per heavy atom. The molecule has 1 heterocycles. The maximum atomic E-state index is 12.3. The molecule has 2 rings (SSSR count). The number of nitrogens with one attached hydrogen (secondary N) is 1. The molecule has 122 valence electrons. The van der Waals surface area contributed by atoms with Crippen LogP contribution in [0.4, 0.5) is 0 Å². The first-order valence-electron chi connectivity index (χ1n) is 8.71. The Morgan fingerprint density at radius 3 is 2.91 bits per heavy atom. The monoisotopic (exact) mass is 302 g/mol. The second-order valence-electron chi connectivity index (χ2n) is 6.52. The molecule has 1 aliphatic rings. The maximum absolute atomic E-state index is 12.3. The number of nitrogens with zero attached hydrogens (tertiary/aromatic N) is 1. The Kier molecular flexibility index (Phi) is 6.44. The summed E-state index contributed by atoms with van der Waals surface area (Å²) >= 11 is 0. The van der Waals surface area contributed by atoms with Gasteiger partial charge in [0.15, 0.2) is 0 Å². The lowest BCUT2D eigenvalue weighted by molar-refractivity contribution is 0.0946. The van der Waals surface area contributed by atoms with E-state index in [4.69, 9.17) is 0 Å². The highest BCUT2D eigenvalue weighted by Crippen LogP contribution is 2.19. The number of piperidine rings is 1. The van der Waals surface area contributed by atoms with Gasteiger partial charge in [-0.25, -0.2) is 0 Å². The number of likely N-dealkylation sites (tertiary alicyclic amines) is 1. The lowest BCUT2D eigenvalue weighted by Crippen LogP contribution is -2.40. The summed E-state index contributed by atoms with van der Waals surface area (Å²) in [5.74, 6) is 0.0619. The zero-order valence-electron chi connectivity index (χ0n) is 14.3. The predicted octanol–water partition coefficient (Wildman–Crippen LogP) is 3.69. The van der Waals surface area contributed by atoms with Gasteiger partial charge in [-0.05, 0) is 57.7 Å². The van der Waals surface area contributed by atoms with Gasteiger partial charge in [-0.1, -0.05) is 31.0 Å². The molecule has 0 saturated carbocycles. The smallest absolute Gasteiger partial charge is 0.251 e. The highest BCUT2D eigenvalue weighted by Gasteiger charge is 2.19. The van der Waals surface area contributed by atoms with Crippen LogP contribution < -0.4 is 5.32 Å². The molecular weight excluding hydrogens is 272 g/mol. The summed E-state index contributed by atoms with van der Waals surface area (Å²) in [7, 11) is 0. The van der Waals surface area contributed by atoms with E-state index in [1.807, 2.05) is 32.0 Å². The van der Waals surface area contributed by atoms with Gasteiger partial charge in [-0.15, -0.1) is 0 Å². The van der Waals surface area contributed by atoms with Crippen molar-refractivity contribution >= 4 is 5.91 Å². The van der Waals surface area contributed by atoms with Crippen LogP contribution in [-0.2, 0) is 0 Å². The molecule has 0 bridgehead atoms. The van der Waals surface area contributed by atoms with Gasteiger partial charge in [0.1, 0.15) is 0 Å². The lowest BCUT2D eigenvalue weighted by atomic mass is 10.00. The van der Waals surface area contributed by atoms with Crippen molar-refractivity contribution in [2.24, 2.45) is 0 Å². The number of carbonyl (C=O) groups is 1. The third-order valence-electron chi connectivity index (χ3n) is 4.77. The number of hydrogen-bond acceptors (Lipinski definition) is 2. The SMILES string of the molecule is CC[C@@H]1CCCCN1CCCNC(=O)c1cc(C)ccc1C. The average Bonchev–Trinajstić information content (AvgIpc) is 2.54. The highest BCUT2D eigenvalue weighted by atomic mass is 16.1. The van der Waals surface area contributed by atoms with E-state index >= 15 is 0 Å². The summed E-state index contributed by atoms with van der Waals surface area (Å²) in [6, 6.07) is 6.79. The van der Waals surface area contributed by atoms with Gasteiger partial charge in [-0.2, -0.15) is 0 Å². The first kappa shape index (κ1) is 17.0. The third kappa shape index (κ3) is 4.57. The van der Waals surface area contributed by atoms with Crippen LogP contribution in [0.15, 0.2) is 18.2 Å². The standard InChI is InChI=1S/C19H30N2O/c1-4-17-8-5-6-12-21(17)13-7-11-20-19(22)18-14-15(2)9-10-16(18)3/h9-10,14,17H,4-8,11-13H2,1-3H3,(H,20,22)/t17-/m1/s1. The van der Waals surface area contributed by atoms with Crippen molar-refractivity contribution in [1.29, 1.82) is 0 Å². The zero-order valence-corrected chi connectivity index (χ0v) is 14.3. The van der Waals surface area contributed by atoms with Gasteiger partial charge in [0.2, 0.25) is 0 Å². The molecule has 1 saturated heterocycles. The minimum Gasteiger partial charge on any atom is -0.352 e. The van der Waals surface area contributed by atoms with Crippen molar-refractivity contribution in [3.8, 4) is 0 Å². The zero-order chi connectivity index (χ0) is 15.9. The first-order valence-corrected chi connectivity index (χ1v) is 8.71. The second-order valence-corrected chi connectivity index (χ2v) is 6.52. The van der Waals surface area contributed by atoms with Gasteiger partial charge < -0.3 is 10.2 Å². The number of amides is 1. The van der Waals surface area contributed by atoms with Crippen molar-refractivity contribution in [3.63, 3.8) is 0 Å². The third-order valence-corrected chi connectivity index (χ3v) is 4.77. The summed E-state index contributed by atoms with van der Waals surface area (Å²) in [5.41, 5.74) is 2.99. The summed E-state index contributed by atoms with van der Waals surface area (Å²) in [6.07, 6.45) is 6.32. The Bertz CT molecular complexity index is 498. The van der Waals surface area contributed by atoms with Crippen LogP contribution in [0.3, 0.4) is 0 Å². The van der Waals surface area contributed by atoms with E-state index in [-0.39, 0.29) is 5.91 Å². The van der Waals surface area contributed by atoms with E-state index in [0.29, 0.717) is 0 Å². The number of rotatable bonds is 6. The van der Waals surface area contributed by atoms with Gasteiger partial charge in [-0.3, -0.25) is 4.79 Å². The second kappa shape index (κ2) is 8.33. The Hall–Kier alpha value is -1.35. The topological polar surface area (TPSA) is 32.3 Å². The van der Waals surface area contributed by atoms with Gasteiger partial charge in [0.25, 0.3) is 5.91 Å². The molecule has 1 atom stereocenters. The molecule has 3 heteroatoms. The van der Waals surface area contributed by atoms with E-state index in [1.165, 1.54) is 32.2 Å². The minimum absolute atomic E-state index is 0.0619. The summed E-state index contributed by atoms with van der Waals surface area (Å²) in [6.45, 7) is 9.39. The number of hydrogen-bond donors (Lipinski definition) is 1. The lowest BCUT2D eigenvalue weighted by Gasteiger charge is -2.35. The van der Waals surface area contributed by atoms with Crippen LogP contribution in [0.25, 0.3) is 0 Å². The molecular formula is C19H30N2O. The van der Waals surface area contributed by atoms with E-state index in [1.54, 1.807) is 0 Å². The fourth-order valence-electron chi connectivity index (χ4n) is 3.38. The Labute approximate surface area is 135 Å². The molecule has 1 aromatic carbocycles. The predicted molar refractivity (Wildman–Crippen MR) is 92.4 cm³/mol. The van der Waals surface area contributed by atoms with Crippen LogP contribution in [0.5, 0.6) is 0 Å². The number of benzene rings is 1. The van der Waals surface area contributed by atoms with Gasteiger partial charge >= 0.3 is 0 Å². The average molecular weight is 302 g/mol. The van der Waals surface area contributed by atoms with Gasteiger partial charge in [0.05, 0.1) is 0 Å². The van der Waals surface area contributed by atoms with Crippen molar-refractivity contribution in [3.05, 3.63) is 34.9 Å². The van der Waals surface area contributed by atoms with E-state index in [0.717, 1.165) is 42.2 Å². The maximum Gasteiger partial charge on any atom is 0.251 e. The van der Waals surface area contributed by atoms with Crippen LogP contribution in [0.2, 0.25) is 0 Å². The van der Waals surface area contributed by atoms with Crippen molar-refractivity contribution < 1.29 is 4.79 Å². The van der Waals surface area contributed by atoms with Gasteiger partial charge in [0, 0.05) is 24.7 Å². The van der Waals surface area contributed by atoms with E-state index in [9.17, 15) is 4.79 Å². The minimum atomic E-state index is 0.0619. The molecule has 1 aliphatic heterocycles. The fraction of sp³-hybridized carbons (Fsp3) is 0.632. The molecule has 3 nitrogen and oxygen atoms in total. The Morgan fingerprint density at radius 1 is 1.32 bits per heavy atom. The van der Waals surface area contributed by atoms with Crippen LogP contribution in [0.1, 0.15) is 60.5 Å². The van der Waals surface area contributed by atoms with Crippen molar-refractivity contribution in [2.45, 2.75) is 58.9 Å². The molecule has 1 N–H and O–H groups in total. The van der Waals surface area contributed by atoms with Crippen molar-refractivity contribution in [1.82, 2.24) is 10.2 Å². The van der Waals surface area contributed by atoms with Crippen LogP contribution in [-0.4, -0.2) is 36.5 Å². The summed E-state index contributed by atoms with van der Waals surface area (Å²) in [5, 5.41) is 3.07.